The van der Waals surface area contributed by atoms with Crippen LogP contribution in [0.1, 0.15) is 28.8 Å². The Morgan fingerprint density at radius 1 is 1.30 bits per heavy atom. The summed E-state index contributed by atoms with van der Waals surface area (Å²) in [7, 11) is 0. The van der Waals surface area contributed by atoms with Gasteiger partial charge in [0.25, 0.3) is 5.91 Å². The van der Waals surface area contributed by atoms with Gasteiger partial charge in [0.15, 0.2) is 0 Å². The number of fused-ring (bicyclic) bond motifs is 1. The number of likely N-dealkylation sites (tertiary alicyclic amines) is 1. The summed E-state index contributed by atoms with van der Waals surface area (Å²) in [5.41, 5.74) is 0.325. The van der Waals surface area contributed by atoms with Crippen molar-refractivity contribution in [3.63, 3.8) is 0 Å². The number of hydrogen-bond acceptors (Lipinski definition) is 4. The van der Waals surface area contributed by atoms with Crippen molar-refractivity contribution >= 4 is 22.8 Å². The molecule has 1 aliphatic rings. The van der Waals surface area contributed by atoms with E-state index in [1.165, 1.54) is 4.90 Å². The molecule has 3 rings (SSSR count). The second kappa shape index (κ2) is 5.87. The number of nitrogens with zero attached hydrogens (tertiary/aromatic N) is 1. The lowest BCUT2D eigenvalue weighted by Gasteiger charge is -2.30. The van der Waals surface area contributed by atoms with Gasteiger partial charge in [-0.15, -0.1) is 0 Å². The van der Waals surface area contributed by atoms with Crippen LogP contribution in [-0.4, -0.2) is 35.0 Å². The molecule has 6 nitrogen and oxygen atoms in total. The Balaban J connectivity index is 2.01. The topological polar surface area (TPSA) is 87.8 Å². The molecular formula is C17H17NO5. The summed E-state index contributed by atoms with van der Waals surface area (Å²) >= 11 is 0. The van der Waals surface area contributed by atoms with E-state index in [1.54, 1.807) is 25.1 Å². The van der Waals surface area contributed by atoms with Crippen LogP contribution in [0.4, 0.5) is 0 Å². The zero-order chi connectivity index (χ0) is 16.6. The highest BCUT2D eigenvalue weighted by Gasteiger charge is 2.31. The van der Waals surface area contributed by atoms with E-state index in [2.05, 4.69) is 0 Å². The molecule has 1 amide bonds. The van der Waals surface area contributed by atoms with E-state index in [1.807, 2.05) is 6.07 Å². The maximum absolute atomic E-state index is 12.7. The van der Waals surface area contributed by atoms with Crippen molar-refractivity contribution < 1.29 is 19.1 Å². The maximum Gasteiger partial charge on any atom is 0.349 e. The average Bonchev–Trinajstić information content (AvgIpc) is 2.55. The van der Waals surface area contributed by atoms with Crippen LogP contribution in [0.25, 0.3) is 11.0 Å². The first-order valence-electron chi connectivity index (χ1n) is 7.53. The molecule has 0 bridgehead atoms. The van der Waals surface area contributed by atoms with E-state index in [0.717, 1.165) is 0 Å². The van der Waals surface area contributed by atoms with Crippen LogP contribution in [0, 0.1) is 12.8 Å². The van der Waals surface area contributed by atoms with Gasteiger partial charge in [0.1, 0.15) is 11.1 Å². The number of carbonyl (C=O) groups excluding carboxylic acids is 1. The third-order valence-corrected chi connectivity index (χ3v) is 4.34. The molecular weight excluding hydrogens is 298 g/mol. The quantitative estimate of drug-likeness (QED) is 0.857. The van der Waals surface area contributed by atoms with Gasteiger partial charge in [-0.2, -0.15) is 0 Å². The molecule has 0 spiro atoms. The van der Waals surface area contributed by atoms with Gasteiger partial charge in [-0.1, -0.05) is 18.2 Å². The van der Waals surface area contributed by atoms with E-state index < -0.39 is 23.4 Å². The third kappa shape index (κ3) is 2.72. The first-order valence-corrected chi connectivity index (χ1v) is 7.53. The van der Waals surface area contributed by atoms with Crippen molar-refractivity contribution in [2.24, 2.45) is 5.92 Å². The molecule has 120 valence electrons. The Bertz CT molecular complexity index is 838. The molecule has 1 atom stereocenters. The van der Waals surface area contributed by atoms with Crippen LogP contribution in [0.3, 0.4) is 0 Å². The first kappa shape index (κ1) is 15.3. The number of benzene rings is 1. The van der Waals surface area contributed by atoms with Gasteiger partial charge >= 0.3 is 11.6 Å². The van der Waals surface area contributed by atoms with Gasteiger partial charge in [0, 0.05) is 18.5 Å². The number of hydrogen-bond donors (Lipinski definition) is 1. The van der Waals surface area contributed by atoms with E-state index in [-0.39, 0.29) is 12.1 Å². The molecule has 6 heteroatoms. The molecule has 2 heterocycles. The monoisotopic (exact) mass is 315 g/mol. The van der Waals surface area contributed by atoms with E-state index in [9.17, 15) is 14.4 Å². The predicted octanol–water partition coefficient (Wildman–Crippen LogP) is 2.04. The Labute approximate surface area is 132 Å². The van der Waals surface area contributed by atoms with E-state index >= 15 is 0 Å². The fourth-order valence-electron chi connectivity index (χ4n) is 3.07. The minimum absolute atomic E-state index is 0.00487. The number of carboxylic acid groups (broad SMARTS) is 1. The van der Waals surface area contributed by atoms with Crippen molar-refractivity contribution in [3.8, 4) is 0 Å². The second-order valence-corrected chi connectivity index (χ2v) is 5.81. The minimum atomic E-state index is -0.912. The molecule has 1 aliphatic heterocycles. The average molecular weight is 315 g/mol. The van der Waals surface area contributed by atoms with E-state index in [0.29, 0.717) is 35.9 Å². The lowest BCUT2D eigenvalue weighted by atomic mass is 9.97. The maximum atomic E-state index is 12.7. The molecule has 0 aliphatic carbocycles. The van der Waals surface area contributed by atoms with Crippen molar-refractivity contribution in [1.29, 1.82) is 0 Å². The van der Waals surface area contributed by atoms with Crippen molar-refractivity contribution in [2.75, 3.05) is 13.1 Å². The van der Waals surface area contributed by atoms with Gasteiger partial charge in [0.2, 0.25) is 0 Å². The normalized spacial score (nSPS) is 18.1. The number of rotatable bonds is 2. The molecule has 1 aromatic heterocycles. The highest BCUT2D eigenvalue weighted by Crippen LogP contribution is 2.22. The molecule has 1 unspecified atom stereocenters. The van der Waals surface area contributed by atoms with Crippen LogP contribution < -0.4 is 5.63 Å². The fraction of sp³-hybridized carbons (Fsp3) is 0.353. The fourth-order valence-corrected chi connectivity index (χ4v) is 3.07. The summed E-state index contributed by atoms with van der Waals surface area (Å²) in [4.78, 5) is 37.5. The number of aryl methyl sites for hydroxylation is 1. The lowest BCUT2D eigenvalue weighted by Crippen LogP contribution is -2.43. The summed E-state index contributed by atoms with van der Waals surface area (Å²) in [5.74, 6) is -1.95. The third-order valence-electron chi connectivity index (χ3n) is 4.34. The van der Waals surface area contributed by atoms with Crippen LogP contribution >= 0.6 is 0 Å². The molecule has 2 aromatic rings. The standard InChI is InChI=1S/C17H17NO5/c1-10-12-6-2-3-7-13(12)23-17(22)14(10)15(19)18-8-4-5-11(9-18)16(20)21/h2-3,6-7,11H,4-5,8-9H2,1H3,(H,20,21). The highest BCUT2D eigenvalue weighted by atomic mass is 16.4. The number of carboxylic acids is 1. The zero-order valence-electron chi connectivity index (χ0n) is 12.7. The molecule has 0 radical (unpaired) electrons. The van der Waals surface area contributed by atoms with Gasteiger partial charge in [-0.05, 0) is 31.4 Å². The zero-order valence-corrected chi connectivity index (χ0v) is 12.7. The Morgan fingerprint density at radius 3 is 2.78 bits per heavy atom. The summed E-state index contributed by atoms with van der Waals surface area (Å²) < 4.78 is 5.24. The van der Waals surface area contributed by atoms with Crippen LogP contribution in [0.2, 0.25) is 0 Å². The van der Waals surface area contributed by atoms with Crippen molar-refractivity contribution in [2.45, 2.75) is 19.8 Å². The lowest BCUT2D eigenvalue weighted by molar-refractivity contribution is -0.143. The molecule has 1 fully saturated rings. The predicted molar refractivity (Wildman–Crippen MR) is 83.5 cm³/mol. The van der Waals surface area contributed by atoms with Crippen molar-refractivity contribution in [1.82, 2.24) is 4.90 Å². The van der Waals surface area contributed by atoms with Gasteiger partial charge < -0.3 is 14.4 Å². The summed E-state index contributed by atoms with van der Waals surface area (Å²) in [6.07, 6.45) is 1.16. The molecule has 1 saturated heterocycles. The summed E-state index contributed by atoms with van der Waals surface area (Å²) in [5, 5.41) is 9.85. The molecule has 1 aromatic carbocycles. The molecule has 0 saturated carbocycles. The number of aliphatic carboxylic acids is 1. The first-order chi connectivity index (χ1) is 11.0. The number of carbonyl (C=O) groups is 2. The van der Waals surface area contributed by atoms with Crippen LogP contribution in [0.5, 0.6) is 0 Å². The molecule has 1 N–H and O–H groups in total. The van der Waals surface area contributed by atoms with E-state index in [4.69, 9.17) is 9.52 Å². The SMILES string of the molecule is Cc1c(C(=O)N2CCCC(C(=O)O)C2)c(=O)oc2ccccc12. The summed E-state index contributed by atoms with van der Waals surface area (Å²) in [6.45, 7) is 2.29. The number of amides is 1. The number of piperidine rings is 1. The van der Waals surface area contributed by atoms with Gasteiger partial charge in [-0.25, -0.2) is 4.79 Å². The summed E-state index contributed by atoms with van der Waals surface area (Å²) in [6, 6.07) is 7.04. The van der Waals surface area contributed by atoms with Crippen molar-refractivity contribution in [3.05, 3.63) is 45.8 Å². The second-order valence-electron chi connectivity index (χ2n) is 5.81. The number of para-hydroxylation sites is 1. The Kier molecular flexibility index (Phi) is 3.90. The van der Waals surface area contributed by atoms with Gasteiger partial charge in [0.05, 0.1) is 5.92 Å². The van der Waals surface area contributed by atoms with Crippen LogP contribution in [-0.2, 0) is 4.79 Å². The minimum Gasteiger partial charge on any atom is -0.481 e. The smallest absolute Gasteiger partial charge is 0.349 e. The Morgan fingerprint density at radius 2 is 2.04 bits per heavy atom. The largest absolute Gasteiger partial charge is 0.481 e. The van der Waals surface area contributed by atoms with Crippen LogP contribution in [0.15, 0.2) is 33.5 Å². The molecule has 23 heavy (non-hydrogen) atoms. The highest BCUT2D eigenvalue weighted by molar-refractivity contribution is 5.99. The van der Waals surface area contributed by atoms with Gasteiger partial charge in [-0.3, -0.25) is 9.59 Å². The Hall–Kier alpha value is -2.63.